The van der Waals surface area contributed by atoms with Crippen LogP contribution in [0.25, 0.3) is 0 Å². The molecule has 6 heteroatoms. The van der Waals surface area contributed by atoms with Crippen molar-refractivity contribution in [1.29, 1.82) is 0 Å². The summed E-state index contributed by atoms with van der Waals surface area (Å²) in [5, 5.41) is 18.4. The second-order valence-corrected chi connectivity index (χ2v) is 5.48. The van der Waals surface area contributed by atoms with Gasteiger partial charge in [-0.2, -0.15) is 0 Å². The van der Waals surface area contributed by atoms with Crippen molar-refractivity contribution in [1.82, 2.24) is 14.8 Å². The normalized spacial score (nSPS) is 22.7. The molecule has 1 aliphatic rings. The van der Waals surface area contributed by atoms with Gasteiger partial charge in [-0.1, -0.05) is 0 Å². The lowest BCUT2D eigenvalue weighted by Crippen LogP contribution is -2.33. The van der Waals surface area contributed by atoms with Crippen LogP contribution in [0, 0.1) is 11.8 Å². The number of H-pyrrole nitrogens is 1. The minimum Gasteiger partial charge on any atom is -0.396 e. The molecule has 1 aromatic rings. The summed E-state index contributed by atoms with van der Waals surface area (Å²) in [6.07, 6.45) is 1.74. The maximum atomic E-state index is 12.3. The number of aliphatic hydroxyl groups is 2. The number of aliphatic hydroxyl groups excluding tert-OH is 2. The molecule has 0 bridgehead atoms. The predicted octanol–water partition coefficient (Wildman–Crippen LogP) is -0.381. The summed E-state index contributed by atoms with van der Waals surface area (Å²) < 4.78 is 0. The van der Waals surface area contributed by atoms with Crippen molar-refractivity contribution in [2.24, 2.45) is 11.8 Å². The lowest BCUT2D eigenvalue weighted by molar-refractivity contribution is 0.0774. The highest BCUT2D eigenvalue weighted by Gasteiger charge is 2.35. The third-order valence-electron chi connectivity index (χ3n) is 3.95. The number of likely N-dealkylation sites (tertiary alicyclic amines) is 1. The molecule has 1 saturated heterocycles. The topological polar surface area (TPSA) is 79.8 Å². The van der Waals surface area contributed by atoms with Crippen molar-refractivity contribution < 1.29 is 15.0 Å². The van der Waals surface area contributed by atoms with Crippen LogP contribution in [0.5, 0.6) is 0 Å². The number of rotatable bonds is 6. The number of nitrogens with one attached hydrogen (secondary N) is 1. The molecule has 0 spiro atoms. The number of amides is 1. The van der Waals surface area contributed by atoms with Gasteiger partial charge in [0.1, 0.15) is 5.69 Å². The zero-order valence-corrected chi connectivity index (χ0v) is 11.8. The first-order chi connectivity index (χ1) is 9.65. The summed E-state index contributed by atoms with van der Waals surface area (Å²) in [5.41, 5.74) is 0.589. The molecule has 3 N–H and O–H groups in total. The minimum atomic E-state index is -0.0132. The van der Waals surface area contributed by atoms with Gasteiger partial charge in [-0.3, -0.25) is 4.79 Å². The molecule has 0 radical (unpaired) electrons. The van der Waals surface area contributed by atoms with Gasteiger partial charge in [-0.25, -0.2) is 0 Å². The van der Waals surface area contributed by atoms with Gasteiger partial charge < -0.3 is 25.0 Å². The molecule has 1 aliphatic heterocycles. The summed E-state index contributed by atoms with van der Waals surface area (Å²) in [5.74, 6) is 0.339. The monoisotopic (exact) mass is 281 g/mol. The maximum absolute atomic E-state index is 12.3. The van der Waals surface area contributed by atoms with Crippen LogP contribution in [0.3, 0.4) is 0 Å². The first-order valence-electron chi connectivity index (χ1n) is 6.98. The average Bonchev–Trinajstić information content (AvgIpc) is 3.07. The minimum absolute atomic E-state index is 0.0132. The standard InChI is InChI=1S/C14H23N3O3/c1-16(5-6-18)7-11-8-17(9-12(11)10-19)14(20)13-3-2-4-15-13/h2-4,11-12,15,18-19H,5-10H2,1H3/t11-,12-/m1/s1. The molecule has 2 atom stereocenters. The van der Waals surface area contributed by atoms with E-state index in [1.54, 1.807) is 23.2 Å². The Labute approximate surface area is 119 Å². The highest BCUT2D eigenvalue weighted by atomic mass is 16.3. The number of hydrogen-bond donors (Lipinski definition) is 3. The lowest BCUT2D eigenvalue weighted by atomic mass is 9.96. The van der Waals surface area contributed by atoms with Gasteiger partial charge in [0.15, 0.2) is 0 Å². The zero-order chi connectivity index (χ0) is 14.5. The molecule has 6 nitrogen and oxygen atoms in total. The van der Waals surface area contributed by atoms with Crippen molar-refractivity contribution in [3.8, 4) is 0 Å². The molecular weight excluding hydrogens is 258 g/mol. The van der Waals surface area contributed by atoms with Gasteiger partial charge in [-0.05, 0) is 25.1 Å². The molecule has 1 amide bonds. The number of nitrogens with zero attached hydrogens (tertiary/aromatic N) is 2. The fourth-order valence-electron chi connectivity index (χ4n) is 2.81. The Hall–Kier alpha value is -1.37. The lowest BCUT2D eigenvalue weighted by Gasteiger charge is -2.23. The number of hydrogen-bond acceptors (Lipinski definition) is 4. The van der Waals surface area contributed by atoms with E-state index in [0.29, 0.717) is 25.3 Å². The summed E-state index contributed by atoms with van der Waals surface area (Å²) in [4.78, 5) is 19.0. The quantitative estimate of drug-likeness (QED) is 0.664. The van der Waals surface area contributed by atoms with E-state index in [0.717, 1.165) is 6.54 Å². The molecule has 0 unspecified atom stereocenters. The molecule has 112 valence electrons. The van der Waals surface area contributed by atoms with Crippen molar-refractivity contribution in [2.45, 2.75) is 0 Å². The van der Waals surface area contributed by atoms with Crippen LogP contribution in [0.2, 0.25) is 0 Å². The van der Waals surface area contributed by atoms with Crippen molar-refractivity contribution in [3.05, 3.63) is 24.0 Å². The Morgan fingerprint density at radius 1 is 1.45 bits per heavy atom. The fourth-order valence-corrected chi connectivity index (χ4v) is 2.81. The molecule has 2 heterocycles. The molecule has 1 fully saturated rings. The third kappa shape index (κ3) is 3.39. The Morgan fingerprint density at radius 2 is 2.20 bits per heavy atom. The summed E-state index contributed by atoms with van der Waals surface area (Å²) in [6.45, 7) is 2.84. The van der Waals surface area contributed by atoms with Crippen LogP contribution in [-0.4, -0.2) is 77.3 Å². The van der Waals surface area contributed by atoms with Gasteiger partial charge in [-0.15, -0.1) is 0 Å². The second-order valence-electron chi connectivity index (χ2n) is 5.48. The van der Waals surface area contributed by atoms with Crippen LogP contribution in [0.15, 0.2) is 18.3 Å². The van der Waals surface area contributed by atoms with E-state index in [9.17, 15) is 9.90 Å². The molecule has 0 aromatic carbocycles. The highest BCUT2D eigenvalue weighted by Crippen LogP contribution is 2.25. The first-order valence-corrected chi connectivity index (χ1v) is 6.98. The number of carbonyl (C=O) groups excluding carboxylic acids is 1. The van der Waals surface area contributed by atoms with Crippen LogP contribution in [0.4, 0.5) is 0 Å². The molecule has 0 aliphatic carbocycles. The molecular formula is C14H23N3O3. The van der Waals surface area contributed by atoms with Crippen LogP contribution >= 0.6 is 0 Å². The predicted molar refractivity (Wildman–Crippen MR) is 75.3 cm³/mol. The van der Waals surface area contributed by atoms with E-state index in [2.05, 4.69) is 4.98 Å². The van der Waals surface area contributed by atoms with Gasteiger partial charge in [0, 0.05) is 44.9 Å². The van der Waals surface area contributed by atoms with Crippen molar-refractivity contribution in [3.63, 3.8) is 0 Å². The molecule has 0 saturated carbocycles. The third-order valence-corrected chi connectivity index (χ3v) is 3.95. The summed E-state index contributed by atoms with van der Waals surface area (Å²) in [7, 11) is 1.94. The van der Waals surface area contributed by atoms with Crippen molar-refractivity contribution >= 4 is 5.91 Å². The molecule has 2 rings (SSSR count). The second kappa shape index (κ2) is 6.88. The average molecular weight is 281 g/mol. The first kappa shape index (κ1) is 15.0. The maximum Gasteiger partial charge on any atom is 0.270 e. The van der Waals surface area contributed by atoms with E-state index < -0.39 is 0 Å². The van der Waals surface area contributed by atoms with E-state index in [1.807, 2.05) is 11.9 Å². The number of likely N-dealkylation sites (N-methyl/N-ethyl adjacent to an activating group) is 1. The Bertz CT molecular complexity index is 421. The Morgan fingerprint density at radius 3 is 2.80 bits per heavy atom. The van der Waals surface area contributed by atoms with Crippen LogP contribution in [-0.2, 0) is 0 Å². The van der Waals surface area contributed by atoms with Gasteiger partial charge in [0.25, 0.3) is 5.91 Å². The largest absolute Gasteiger partial charge is 0.396 e. The zero-order valence-electron chi connectivity index (χ0n) is 11.8. The summed E-state index contributed by atoms with van der Waals surface area (Å²) in [6, 6.07) is 3.57. The Kier molecular flexibility index (Phi) is 5.17. The van der Waals surface area contributed by atoms with E-state index in [-0.39, 0.29) is 31.0 Å². The SMILES string of the molecule is CN(CCO)C[C@@H]1CN(C(=O)c2ccc[nH]2)C[C@@H]1CO. The van der Waals surface area contributed by atoms with E-state index in [1.165, 1.54) is 0 Å². The van der Waals surface area contributed by atoms with Gasteiger partial charge >= 0.3 is 0 Å². The number of carbonyl (C=O) groups is 1. The highest BCUT2D eigenvalue weighted by molar-refractivity contribution is 5.92. The van der Waals surface area contributed by atoms with Gasteiger partial charge in [0.2, 0.25) is 0 Å². The summed E-state index contributed by atoms with van der Waals surface area (Å²) >= 11 is 0. The Balaban J connectivity index is 1.96. The van der Waals surface area contributed by atoms with Crippen LogP contribution < -0.4 is 0 Å². The smallest absolute Gasteiger partial charge is 0.270 e. The van der Waals surface area contributed by atoms with E-state index in [4.69, 9.17) is 5.11 Å². The van der Waals surface area contributed by atoms with E-state index >= 15 is 0 Å². The van der Waals surface area contributed by atoms with Gasteiger partial charge in [0.05, 0.1) is 6.61 Å². The fraction of sp³-hybridized carbons (Fsp3) is 0.643. The van der Waals surface area contributed by atoms with Crippen molar-refractivity contribution in [2.75, 3.05) is 46.4 Å². The molecule has 20 heavy (non-hydrogen) atoms. The number of aromatic amines is 1. The number of aromatic nitrogens is 1. The molecule has 1 aromatic heterocycles. The van der Waals surface area contributed by atoms with Crippen LogP contribution in [0.1, 0.15) is 10.5 Å².